The lowest BCUT2D eigenvalue weighted by atomic mass is 9.98. The summed E-state index contributed by atoms with van der Waals surface area (Å²) in [6.07, 6.45) is 1.03. The van der Waals surface area contributed by atoms with E-state index in [1.807, 2.05) is 36.4 Å². The quantitative estimate of drug-likeness (QED) is 0.408. The van der Waals surface area contributed by atoms with Crippen LogP contribution in [0.25, 0.3) is 16.2 Å². The smallest absolute Gasteiger partial charge is 0.480 e. The standard InChI is InChI=1S/C21H21N3O4/c22-23-24(13-7-1-2-12-20(25)26)21(27)28-14-19-17-10-5-3-8-15(17)16-9-4-6-11-18(16)19/h3-6,8-11,19H,1-2,7,12-14H2/p+1. The van der Waals surface area contributed by atoms with E-state index in [0.29, 0.717) is 19.3 Å². The molecule has 0 saturated heterocycles. The molecule has 0 spiro atoms. The number of unbranched alkanes of at least 4 members (excludes halogenated alkanes) is 2. The summed E-state index contributed by atoms with van der Waals surface area (Å²) in [5, 5.41) is 21.6. The number of diazo groups is 1. The molecule has 0 unspecified atom stereocenters. The van der Waals surface area contributed by atoms with E-state index >= 15 is 0 Å². The molecule has 7 nitrogen and oxygen atoms in total. The second kappa shape index (κ2) is 9.00. The molecule has 28 heavy (non-hydrogen) atoms. The van der Waals surface area contributed by atoms with E-state index in [4.69, 9.17) is 15.2 Å². The first-order valence-electron chi connectivity index (χ1n) is 9.31. The number of hydrogen-bond acceptors (Lipinski definition) is 4. The summed E-state index contributed by atoms with van der Waals surface area (Å²) in [6, 6.07) is 16.1. The average Bonchev–Trinajstić information content (AvgIpc) is 3.02. The molecule has 1 aliphatic rings. The fourth-order valence-electron chi connectivity index (χ4n) is 3.56. The molecule has 2 aromatic carbocycles. The number of hydrogen-bond donors (Lipinski definition) is 1. The number of rotatable bonds is 8. The van der Waals surface area contributed by atoms with Crippen molar-refractivity contribution in [2.75, 3.05) is 13.2 Å². The number of benzene rings is 2. The molecule has 2 aromatic rings. The third-order valence-electron chi connectivity index (χ3n) is 4.92. The molecule has 0 bridgehead atoms. The van der Waals surface area contributed by atoms with Gasteiger partial charge in [-0.15, -0.1) is 0 Å². The van der Waals surface area contributed by atoms with E-state index < -0.39 is 12.1 Å². The van der Waals surface area contributed by atoms with Crippen molar-refractivity contribution in [1.82, 2.24) is 5.01 Å². The molecule has 3 rings (SSSR count). The number of carboxylic acids is 1. The molecule has 0 radical (unpaired) electrons. The van der Waals surface area contributed by atoms with Crippen molar-refractivity contribution in [1.29, 1.82) is 5.39 Å². The fourth-order valence-corrected chi connectivity index (χ4v) is 3.56. The van der Waals surface area contributed by atoms with Crippen LogP contribution in [0.3, 0.4) is 0 Å². The first-order chi connectivity index (χ1) is 13.6. The molecule has 144 valence electrons. The summed E-state index contributed by atoms with van der Waals surface area (Å²) in [7, 11) is 0. The van der Waals surface area contributed by atoms with Gasteiger partial charge in [-0.1, -0.05) is 55.0 Å². The Hall–Kier alpha value is -3.40. The van der Waals surface area contributed by atoms with Crippen molar-refractivity contribution in [3.8, 4) is 11.1 Å². The molecule has 7 heteroatoms. The molecule has 0 fully saturated rings. The topological polar surface area (TPSA) is 95.0 Å². The molecule has 0 saturated carbocycles. The van der Waals surface area contributed by atoms with Gasteiger partial charge < -0.3 is 9.84 Å². The van der Waals surface area contributed by atoms with Crippen LogP contribution in [0.5, 0.6) is 0 Å². The van der Waals surface area contributed by atoms with Crippen molar-refractivity contribution in [3.63, 3.8) is 0 Å². The van der Waals surface area contributed by atoms with Crippen LogP contribution < -0.4 is 0 Å². The van der Waals surface area contributed by atoms with Crippen molar-refractivity contribution in [3.05, 3.63) is 64.7 Å². The molecular formula is C21H22N3O4+. The summed E-state index contributed by atoms with van der Waals surface area (Å²) in [6.45, 7) is 0.324. The molecule has 0 heterocycles. The van der Waals surface area contributed by atoms with E-state index in [0.717, 1.165) is 27.3 Å². The second-order valence-corrected chi connectivity index (χ2v) is 6.72. The van der Waals surface area contributed by atoms with E-state index in [2.05, 4.69) is 17.2 Å². The molecule has 1 aliphatic carbocycles. The van der Waals surface area contributed by atoms with Crippen LogP contribution in [0.15, 0.2) is 48.5 Å². The molecular weight excluding hydrogens is 358 g/mol. The van der Waals surface area contributed by atoms with E-state index in [1.165, 1.54) is 0 Å². The zero-order chi connectivity index (χ0) is 19.9. The van der Waals surface area contributed by atoms with E-state index in [9.17, 15) is 9.59 Å². The van der Waals surface area contributed by atoms with Gasteiger partial charge in [0.2, 0.25) is 0 Å². The third-order valence-corrected chi connectivity index (χ3v) is 4.92. The summed E-state index contributed by atoms with van der Waals surface area (Å²) in [5.74, 6) is -0.910. The van der Waals surface area contributed by atoms with Crippen molar-refractivity contribution in [2.45, 2.75) is 31.6 Å². The van der Waals surface area contributed by atoms with Gasteiger partial charge in [0.15, 0.2) is 0 Å². The van der Waals surface area contributed by atoms with E-state index in [1.54, 1.807) is 0 Å². The van der Waals surface area contributed by atoms with Crippen LogP contribution in [0.1, 0.15) is 42.7 Å². The summed E-state index contributed by atoms with van der Waals surface area (Å²) in [4.78, 5) is 22.8. The average molecular weight is 380 g/mol. The molecule has 0 aliphatic heterocycles. The minimum atomic E-state index is -0.847. The number of amides is 1. The highest BCUT2D eigenvalue weighted by atomic mass is 16.6. The van der Waals surface area contributed by atoms with Crippen molar-refractivity contribution in [2.24, 2.45) is 0 Å². The third kappa shape index (κ3) is 4.29. The van der Waals surface area contributed by atoms with Gasteiger partial charge in [-0.25, -0.2) is 4.79 Å². The zero-order valence-electron chi connectivity index (χ0n) is 15.5. The number of carbonyl (C=O) groups is 2. The highest BCUT2D eigenvalue weighted by Crippen LogP contribution is 2.44. The van der Waals surface area contributed by atoms with E-state index in [-0.39, 0.29) is 25.5 Å². The van der Waals surface area contributed by atoms with Crippen LogP contribution in [0, 0.1) is 5.39 Å². The second-order valence-electron chi connectivity index (χ2n) is 6.72. The SMILES string of the molecule is N#[N+]N(CCCCCC(=O)O)C(=O)OCC1c2ccccc2-c2ccccc21. The number of fused-ring (bicyclic) bond motifs is 3. The fraction of sp³-hybridized carbons (Fsp3) is 0.333. The first-order valence-corrected chi connectivity index (χ1v) is 9.31. The number of ether oxygens (including phenoxy) is 1. The van der Waals surface area contributed by atoms with Crippen LogP contribution in [0.2, 0.25) is 0 Å². The number of carbonyl (C=O) groups excluding carboxylic acids is 1. The van der Waals surface area contributed by atoms with Gasteiger partial charge in [0.25, 0.3) is 5.39 Å². The maximum atomic E-state index is 12.3. The Kier molecular flexibility index (Phi) is 6.22. The maximum Gasteiger partial charge on any atom is 0.480 e. The van der Waals surface area contributed by atoms with Crippen LogP contribution >= 0.6 is 0 Å². The Morgan fingerprint density at radius 2 is 1.61 bits per heavy atom. The molecule has 1 N–H and O–H groups in total. The summed E-state index contributed by atoms with van der Waals surface area (Å²) >= 11 is 0. The van der Waals surface area contributed by atoms with Gasteiger partial charge in [0, 0.05) is 12.3 Å². The predicted octanol–water partition coefficient (Wildman–Crippen LogP) is 4.65. The Bertz CT molecular complexity index is 861. The largest absolute Gasteiger partial charge is 0.481 e. The van der Waals surface area contributed by atoms with Crippen molar-refractivity contribution < 1.29 is 19.4 Å². The minimum Gasteiger partial charge on any atom is -0.481 e. The molecule has 0 atom stereocenters. The number of aliphatic carboxylic acids is 1. The monoisotopic (exact) mass is 380 g/mol. The maximum absolute atomic E-state index is 12.3. The normalized spacial score (nSPS) is 12.0. The molecule has 0 aromatic heterocycles. The van der Waals surface area contributed by atoms with Gasteiger partial charge in [-0.3, -0.25) is 4.79 Å². The number of nitrogens with zero attached hydrogens (tertiary/aromatic N) is 3. The summed E-state index contributed by atoms with van der Waals surface area (Å²) < 4.78 is 5.43. The Morgan fingerprint density at radius 1 is 1.00 bits per heavy atom. The Morgan fingerprint density at radius 3 is 2.18 bits per heavy atom. The molecule has 1 amide bonds. The van der Waals surface area contributed by atoms with Gasteiger partial charge in [0.05, 0.1) is 5.01 Å². The van der Waals surface area contributed by atoms with Gasteiger partial charge in [0.1, 0.15) is 13.2 Å². The van der Waals surface area contributed by atoms with Gasteiger partial charge >= 0.3 is 17.1 Å². The lowest BCUT2D eigenvalue weighted by Crippen LogP contribution is -2.27. The highest BCUT2D eigenvalue weighted by molar-refractivity contribution is 5.79. The summed E-state index contributed by atoms with van der Waals surface area (Å²) in [5.41, 5.74) is 4.50. The lowest BCUT2D eigenvalue weighted by Gasteiger charge is -2.14. The van der Waals surface area contributed by atoms with Crippen LogP contribution in [-0.4, -0.2) is 35.3 Å². The lowest BCUT2D eigenvalue weighted by molar-refractivity contribution is -0.137. The Balaban J connectivity index is 1.58. The first kappa shape index (κ1) is 19.4. The highest BCUT2D eigenvalue weighted by Gasteiger charge is 2.31. The van der Waals surface area contributed by atoms with Gasteiger partial charge in [-0.2, -0.15) is 0 Å². The number of carboxylic acid groups (broad SMARTS) is 1. The van der Waals surface area contributed by atoms with Crippen molar-refractivity contribution >= 4 is 12.1 Å². The Labute approximate surface area is 163 Å². The van der Waals surface area contributed by atoms with Crippen LogP contribution in [-0.2, 0) is 9.53 Å². The van der Waals surface area contributed by atoms with Crippen LogP contribution in [0.4, 0.5) is 4.79 Å². The minimum absolute atomic E-state index is 0.0625. The zero-order valence-corrected chi connectivity index (χ0v) is 15.5. The predicted molar refractivity (Wildman–Crippen MR) is 103 cm³/mol. The van der Waals surface area contributed by atoms with Gasteiger partial charge in [-0.05, 0) is 35.1 Å².